The normalized spacial score (nSPS) is 17.0. The van der Waals surface area contributed by atoms with E-state index in [0.29, 0.717) is 0 Å². The molecule has 0 bridgehead atoms. The number of rotatable bonds is 6. The van der Waals surface area contributed by atoms with Crippen LogP contribution in [0.15, 0.2) is 127 Å². The van der Waals surface area contributed by atoms with Crippen LogP contribution in [-0.4, -0.2) is 0 Å². The molecule has 0 aromatic heterocycles. The summed E-state index contributed by atoms with van der Waals surface area (Å²) in [5.74, 6) is 0. The van der Waals surface area contributed by atoms with Crippen LogP contribution in [0.2, 0.25) is 0 Å². The fourth-order valence-electron chi connectivity index (χ4n) is 4.20. The molecular weight excluding hydrogens is 402 g/mol. The monoisotopic (exact) mass is 429 g/mol. The van der Waals surface area contributed by atoms with Gasteiger partial charge in [-0.3, -0.25) is 0 Å². The third kappa shape index (κ3) is 4.74. The third-order valence-corrected chi connectivity index (χ3v) is 5.94. The minimum Gasteiger partial charge on any atom is -0.356 e. The molecule has 0 saturated carbocycles. The lowest BCUT2D eigenvalue weighted by Crippen LogP contribution is -2.35. The van der Waals surface area contributed by atoms with Crippen LogP contribution in [0, 0.1) is 0 Å². The van der Waals surface area contributed by atoms with Crippen LogP contribution in [0.1, 0.15) is 12.0 Å². The Morgan fingerprint density at radius 1 is 0.606 bits per heavy atom. The lowest BCUT2D eigenvalue weighted by molar-refractivity contribution is 0.567. The van der Waals surface area contributed by atoms with Crippen LogP contribution in [0.4, 0.5) is 22.7 Å². The average molecular weight is 430 g/mol. The fourth-order valence-corrected chi connectivity index (χ4v) is 4.20. The summed E-state index contributed by atoms with van der Waals surface area (Å²) in [6, 6.07) is 35.4. The molecule has 3 nitrogen and oxygen atoms in total. The molecule has 1 aliphatic carbocycles. The molecule has 5 rings (SSSR count). The van der Waals surface area contributed by atoms with E-state index in [-0.39, 0.29) is 0 Å². The Balaban J connectivity index is 1.49. The molecule has 0 heterocycles. The number of anilines is 4. The Morgan fingerprint density at radius 3 is 1.79 bits per heavy atom. The lowest BCUT2D eigenvalue weighted by Gasteiger charge is -2.30. The zero-order valence-electron chi connectivity index (χ0n) is 18.4. The van der Waals surface area contributed by atoms with Crippen molar-refractivity contribution in [1.82, 2.24) is 0 Å². The first kappa shape index (κ1) is 20.8. The van der Waals surface area contributed by atoms with Crippen molar-refractivity contribution in [1.29, 1.82) is 0 Å². The van der Waals surface area contributed by atoms with Gasteiger partial charge in [0, 0.05) is 22.7 Å². The summed E-state index contributed by atoms with van der Waals surface area (Å²) in [5, 5.41) is 6.96. The summed E-state index contributed by atoms with van der Waals surface area (Å²) in [5.41, 5.74) is 14.0. The highest BCUT2D eigenvalue weighted by atomic mass is 14.9. The van der Waals surface area contributed by atoms with Gasteiger partial charge in [0.25, 0.3) is 0 Å². The van der Waals surface area contributed by atoms with Gasteiger partial charge in [0.2, 0.25) is 0 Å². The molecule has 4 aromatic rings. The number of hydrogen-bond donors (Lipinski definition) is 3. The fraction of sp³-hybridized carbons (Fsp3) is 0.0667. The highest BCUT2D eigenvalue weighted by Gasteiger charge is 2.27. The highest BCUT2D eigenvalue weighted by molar-refractivity contribution is 5.76. The topological polar surface area (TPSA) is 50.1 Å². The van der Waals surface area contributed by atoms with Gasteiger partial charge in [-0.2, -0.15) is 0 Å². The van der Waals surface area contributed by atoms with Crippen molar-refractivity contribution >= 4 is 22.7 Å². The van der Waals surface area contributed by atoms with Crippen molar-refractivity contribution in [3.8, 4) is 11.1 Å². The number of nitrogens with two attached hydrogens (primary N) is 1. The van der Waals surface area contributed by atoms with E-state index in [1.54, 1.807) is 0 Å². The lowest BCUT2D eigenvalue weighted by atomic mass is 9.80. The van der Waals surface area contributed by atoms with Crippen molar-refractivity contribution in [2.45, 2.75) is 12.0 Å². The van der Waals surface area contributed by atoms with Gasteiger partial charge < -0.3 is 16.4 Å². The first-order valence-electron chi connectivity index (χ1n) is 11.2. The van der Waals surface area contributed by atoms with Gasteiger partial charge in [-0.05, 0) is 71.6 Å². The summed E-state index contributed by atoms with van der Waals surface area (Å²) in [4.78, 5) is 0. The smallest absolute Gasteiger partial charge is 0.0640 e. The second kappa shape index (κ2) is 9.19. The quantitative estimate of drug-likeness (QED) is 0.297. The SMILES string of the molecule is NC1(c2cc(Nc3ccccc3)ccc2-c2ccc(Nc3ccccc3)cc2)C=CC=CC1. The molecule has 162 valence electrons. The minimum absolute atomic E-state index is 0.556. The maximum absolute atomic E-state index is 6.93. The van der Waals surface area contributed by atoms with Crippen LogP contribution < -0.4 is 16.4 Å². The molecule has 0 saturated heterocycles. The van der Waals surface area contributed by atoms with Crippen molar-refractivity contribution in [2.24, 2.45) is 5.73 Å². The molecule has 1 aliphatic rings. The molecular formula is C30H27N3. The maximum atomic E-state index is 6.93. The van der Waals surface area contributed by atoms with Gasteiger partial charge in [0.1, 0.15) is 0 Å². The van der Waals surface area contributed by atoms with E-state index in [2.05, 4.69) is 95.6 Å². The van der Waals surface area contributed by atoms with Crippen LogP contribution >= 0.6 is 0 Å². The Morgan fingerprint density at radius 2 is 1.18 bits per heavy atom. The van der Waals surface area contributed by atoms with E-state index < -0.39 is 5.54 Å². The Labute approximate surface area is 195 Å². The number of allylic oxidation sites excluding steroid dienone is 2. The first-order chi connectivity index (χ1) is 16.2. The van der Waals surface area contributed by atoms with E-state index in [9.17, 15) is 0 Å². The van der Waals surface area contributed by atoms with Gasteiger partial charge in [-0.25, -0.2) is 0 Å². The second-order valence-electron chi connectivity index (χ2n) is 8.35. The molecule has 1 atom stereocenters. The van der Waals surface area contributed by atoms with Crippen molar-refractivity contribution in [3.63, 3.8) is 0 Å². The predicted molar refractivity (Wildman–Crippen MR) is 140 cm³/mol. The molecule has 3 heteroatoms. The molecule has 0 aliphatic heterocycles. The molecule has 0 amide bonds. The standard InChI is InChI=1S/C30H27N3/c31-30(20-8-3-9-21-30)29-22-27(33-25-12-6-2-7-13-25)18-19-28(29)23-14-16-26(17-15-23)32-24-10-4-1-5-11-24/h1-20,22,32-33H,21,31H2. The van der Waals surface area contributed by atoms with E-state index in [1.807, 2.05) is 42.5 Å². The van der Waals surface area contributed by atoms with Crippen LogP contribution in [0.25, 0.3) is 11.1 Å². The van der Waals surface area contributed by atoms with Crippen LogP contribution in [-0.2, 0) is 5.54 Å². The van der Waals surface area contributed by atoms with Crippen molar-refractivity contribution in [3.05, 3.63) is 133 Å². The molecule has 0 spiro atoms. The molecule has 4 N–H and O–H groups in total. The van der Waals surface area contributed by atoms with Gasteiger partial charge in [-0.15, -0.1) is 0 Å². The first-order valence-corrected chi connectivity index (χ1v) is 11.2. The van der Waals surface area contributed by atoms with E-state index >= 15 is 0 Å². The number of para-hydroxylation sites is 2. The second-order valence-corrected chi connectivity index (χ2v) is 8.35. The molecule has 0 radical (unpaired) electrons. The maximum Gasteiger partial charge on any atom is 0.0640 e. The van der Waals surface area contributed by atoms with Crippen LogP contribution in [0.5, 0.6) is 0 Å². The number of hydrogen-bond acceptors (Lipinski definition) is 3. The summed E-state index contributed by atoms with van der Waals surface area (Å²) in [6.07, 6.45) is 9.09. The zero-order valence-corrected chi connectivity index (χ0v) is 18.4. The summed E-state index contributed by atoms with van der Waals surface area (Å²) >= 11 is 0. The van der Waals surface area contributed by atoms with E-state index in [4.69, 9.17) is 5.73 Å². The molecule has 0 fully saturated rings. The van der Waals surface area contributed by atoms with E-state index in [0.717, 1.165) is 45.9 Å². The van der Waals surface area contributed by atoms with Gasteiger partial charge >= 0.3 is 0 Å². The Kier molecular flexibility index (Phi) is 5.79. The predicted octanol–water partition coefficient (Wildman–Crippen LogP) is 7.51. The summed E-state index contributed by atoms with van der Waals surface area (Å²) in [6.45, 7) is 0. The largest absolute Gasteiger partial charge is 0.356 e. The van der Waals surface area contributed by atoms with Gasteiger partial charge in [-0.1, -0.05) is 78.9 Å². The van der Waals surface area contributed by atoms with Crippen LogP contribution in [0.3, 0.4) is 0 Å². The number of benzene rings is 4. The number of nitrogens with one attached hydrogen (secondary N) is 2. The van der Waals surface area contributed by atoms with Gasteiger partial charge in [0.05, 0.1) is 5.54 Å². The summed E-state index contributed by atoms with van der Waals surface area (Å²) < 4.78 is 0. The van der Waals surface area contributed by atoms with E-state index in [1.165, 1.54) is 0 Å². The zero-order chi connectivity index (χ0) is 22.5. The van der Waals surface area contributed by atoms with Crippen molar-refractivity contribution in [2.75, 3.05) is 10.6 Å². The molecule has 33 heavy (non-hydrogen) atoms. The van der Waals surface area contributed by atoms with Gasteiger partial charge in [0.15, 0.2) is 0 Å². The third-order valence-electron chi connectivity index (χ3n) is 5.94. The highest BCUT2D eigenvalue weighted by Crippen LogP contribution is 2.38. The Hall–Kier alpha value is -4.08. The van der Waals surface area contributed by atoms with Crippen molar-refractivity contribution < 1.29 is 0 Å². The summed E-state index contributed by atoms with van der Waals surface area (Å²) in [7, 11) is 0. The Bertz CT molecular complexity index is 1280. The minimum atomic E-state index is -0.556. The molecule has 4 aromatic carbocycles. The molecule has 1 unspecified atom stereocenters. The average Bonchev–Trinajstić information content (AvgIpc) is 2.86.